The van der Waals surface area contributed by atoms with E-state index in [1.165, 1.54) is 0 Å². The first-order valence-corrected chi connectivity index (χ1v) is 18.0. The largest absolute Gasteiger partial charge is 0.481 e. The normalized spacial score (nSPS) is 11.5. The lowest BCUT2D eigenvalue weighted by atomic mass is 10.1. The van der Waals surface area contributed by atoms with Crippen molar-refractivity contribution in [2.45, 2.75) is 109 Å². The lowest BCUT2D eigenvalue weighted by molar-refractivity contribution is -0.142. The van der Waals surface area contributed by atoms with Crippen LogP contribution in [0.2, 0.25) is 0 Å². The van der Waals surface area contributed by atoms with Crippen molar-refractivity contribution >= 4 is 35.6 Å². The van der Waals surface area contributed by atoms with Gasteiger partial charge in [0.2, 0.25) is 23.6 Å². The number of unbranched alkanes of at least 4 members (excludes halogenated alkanes) is 9. The molecule has 0 aliphatic heterocycles. The quantitative estimate of drug-likeness (QED) is 0.0511. The van der Waals surface area contributed by atoms with Gasteiger partial charge in [0.15, 0.2) is 0 Å². The van der Waals surface area contributed by atoms with E-state index in [9.17, 15) is 33.9 Å². The predicted octanol–water partition coefficient (Wildman–Crippen LogP) is 1.93. The Morgan fingerprint density at radius 1 is 0.500 bits per heavy atom. The molecular formula is C34H62N4O12. The Bertz CT molecular complexity index is 938. The van der Waals surface area contributed by atoms with Crippen LogP contribution in [-0.4, -0.2) is 124 Å². The predicted molar refractivity (Wildman–Crippen MR) is 184 cm³/mol. The molecule has 6 N–H and O–H groups in total. The van der Waals surface area contributed by atoms with Crippen molar-refractivity contribution in [3.8, 4) is 0 Å². The zero-order chi connectivity index (χ0) is 37.1. The highest BCUT2D eigenvalue weighted by Gasteiger charge is 2.20. The van der Waals surface area contributed by atoms with Crippen LogP contribution >= 0.6 is 0 Å². The Morgan fingerprint density at radius 3 is 1.50 bits per heavy atom. The Balaban J connectivity index is 3.67. The molecule has 0 aromatic heterocycles. The van der Waals surface area contributed by atoms with Crippen molar-refractivity contribution in [1.29, 1.82) is 0 Å². The summed E-state index contributed by atoms with van der Waals surface area (Å²) in [6.07, 6.45) is 10.5. The molecule has 0 aliphatic rings. The number of carbonyl (C=O) groups excluding carboxylic acids is 4. The lowest BCUT2D eigenvalue weighted by Crippen LogP contribution is -2.41. The molecule has 290 valence electrons. The first kappa shape index (κ1) is 46.7. The second kappa shape index (κ2) is 34.1. The van der Waals surface area contributed by atoms with Crippen LogP contribution in [0.3, 0.4) is 0 Å². The third kappa shape index (κ3) is 33.2. The van der Waals surface area contributed by atoms with Crippen LogP contribution in [0.5, 0.6) is 0 Å². The minimum Gasteiger partial charge on any atom is -0.481 e. The second-order valence-electron chi connectivity index (χ2n) is 11.8. The number of rotatable bonds is 36. The Morgan fingerprint density at radius 2 is 0.980 bits per heavy atom. The van der Waals surface area contributed by atoms with E-state index in [4.69, 9.17) is 24.1 Å². The summed E-state index contributed by atoms with van der Waals surface area (Å²) in [6.45, 7) is 4.58. The van der Waals surface area contributed by atoms with Crippen molar-refractivity contribution in [3.63, 3.8) is 0 Å². The van der Waals surface area contributed by atoms with E-state index < -0.39 is 18.0 Å². The van der Waals surface area contributed by atoms with Crippen LogP contribution in [0.25, 0.3) is 0 Å². The van der Waals surface area contributed by atoms with Gasteiger partial charge in [-0.05, 0) is 25.7 Å². The van der Waals surface area contributed by atoms with E-state index in [0.29, 0.717) is 39.1 Å². The SMILES string of the molecule is CCCCCNC(=O)COCCOCCNC(=O)COCCOCCNC(=O)CC[C@H](NC(=O)CCCCCCCCCCC(=O)O)C(=O)O. The summed E-state index contributed by atoms with van der Waals surface area (Å²) < 4.78 is 21.2. The van der Waals surface area contributed by atoms with Crippen LogP contribution in [0.4, 0.5) is 0 Å². The van der Waals surface area contributed by atoms with E-state index in [0.717, 1.165) is 57.8 Å². The summed E-state index contributed by atoms with van der Waals surface area (Å²) in [7, 11) is 0. The highest BCUT2D eigenvalue weighted by molar-refractivity contribution is 5.84. The van der Waals surface area contributed by atoms with Crippen molar-refractivity contribution in [2.75, 3.05) is 72.5 Å². The summed E-state index contributed by atoms with van der Waals surface area (Å²) in [5.74, 6) is -3.14. The molecule has 0 saturated carbocycles. The summed E-state index contributed by atoms with van der Waals surface area (Å²) in [5, 5.41) is 28.6. The molecular weight excluding hydrogens is 656 g/mol. The maximum atomic E-state index is 12.2. The van der Waals surface area contributed by atoms with Gasteiger partial charge in [-0.1, -0.05) is 58.3 Å². The molecule has 0 aromatic rings. The maximum absolute atomic E-state index is 12.2. The van der Waals surface area contributed by atoms with Gasteiger partial charge in [0, 0.05) is 38.9 Å². The highest BCUT2D eigenvalue weighted by atomic mass is 16.5. The topological polar surface area (TPSA) is 228 Å². The molecule has 0 aromatic carbocycles. The highest BCUT2D eigenvalue weighted by Crippen LogP contribution is 2.11. The molecule has 0 unspecified atom stereocenters. The molecule has 0 saturated heterocycles. The van der Waals surface area contributed by atoms with Crippen LogP contribution in [-0.2, 0) is 47.7 Å². The fraction of sp³-hybridized carbons (Fsp3) is 0.824. The number of carbonyl (C=O) groups is 6. The number of carboxylic acid groups (broad SMARTS) is 2. The van der Waals surface area contributed by atoms with E-state index in [2.05, 4.69) is 28.2 Å². The minimum absolute atomic E-state index is 0.00943. The van der Waals surface area contributed by atoms with Gasteiger partial charge in [-0.2, -0.15) is 0 Å². The van der Waals surface area contributed by atoms with Gasteiger partial charge in [-0.3, -0.25) is 24.0 Å². The summed E-state index contributed by atoms with van der Waals surface area (Å²) in [6, 6.07) is -1.15. The molecule has 4 amide bonds. The van der Waals surface area contributed by atoms with Crippen molar-refractivity contribution < 1.29 is 57.9 Å². The number of carboxylic acids is 2. The number of aliphatic carboxylic acids is 2. The van der Waals surface area contributed by atoms with Gasteiger partial charge in [-0.15, -0.1) is 0 Å². The molecule has 0 heterocycles. The lowest BCUT2D eigenvalue weighted by Gasteiger charge is -2.14. The fourth-order valence-electron chi connectivity index (χ4n) is 4.51. The van der Waals surface area contributed by atoms with E-state index in [1.54, 1.807) is 0 Å². The number of ether oxygens (including phenoxy) is 4. The van der Waals surface area contributed by atoms with E-state index in [-0.39, 0.29) is 95.5 Å². The van der Waals surface area contributed by atoms with Crippen molar-refractivity contribution in [2.24, 2.45) is 0 Å². The monoisotopic (exact) mass is 718 g/mol. The molecule has 50 heavy (non-hydrogen) atoms. The second-order valence-corrected chi connectivity index (χ2v) is 11.8. The van der Waals surface area contributed by atoms with Gasteiger partial charge in [0.1, 0.15) is 19.3 Å². The van der Waals surface area contributed by atoms with Gasteiger partial charge in [0.25, 0.3) is 0 Å². The van der Waals surface area contributed by atoms with Crippen LogP contribution in [0.1, 0.15) is 103 Å². The van der Waals surface area contributed by atoms with E-state index >= 15 is 0 Å². The molecule has 0 radical (unpaired) electrons. The Kier molecular flexibility index (Phi) is 31.8. The third-order valence-electron chi connectivity index (χ3n) is 7.29. The standard InChI is InChI=1S/C34H62N4O12/c1-2-3-12-17-35-31(41)26-49-24-23-48-21-19-37-32(42)27-50-25-22-47-20-18-36-29(39)16-15-28(34(45)46)38-30(40)13-10-8-6-4-5-7-9-11-14-33(43)44/h28H,2-27H2,1H3,(H,35,41)(H,36,39)(H,37,42)(H,38,40)(H,43,44)(H,45,46)/t28-/m0/s1. The summed E-state index contributed by atoms with van der Waals surface area (Å²) in [5.41, 5.74) is 0. The number of nitrogens with one attached hydrogen (secondary N) is 4. The number of hydrogen-bond acceptors (Lipinski definition) is 10. The summed E-state index contributed by atoms with van der Waals surface area (Å²) in [4.78, 5) is 69.7. The first-order valence-electron chi connectivity index (χ1n) is 18.0. The van der Waals surface area contributed by atoms with Crippen molar-refractivity contribution in [1.82, 2.24) is 21.3 Å². The van der Waals surface area contributed by atoms with Crippen molar-refractivity contribution in [3.05, 3.63) is 0 Å². The Hall–Kier alpha value is -3.34. The molecule has 0 rings (SSSR count). The third-order valence-corrected chi connectivity index (χ3v) is 7.29. The van der Waals surface area contributed by atoms with E-state index in [1.807, 2.05) is 0 Å². The smallest absolute Gasteiger partial charge is 0.326 e. The van der Waals surface area contributed by atoms with Gasteiger partial charge in [0.05, 0.1) is 39.6 Å². The van der Waals surface area contributed by atoms with Gasteiger partial charge >= 0.3 is 11.9 Å². The molecule has 16 nitrogen and oxygen atoms in total. The molecule has 0 aliphatic carbocycles. The zero-order valence-electron chi connectivity index (χ0n) is 29.9. The maximum Gasteiger partial charge on any atom is 0.326 e. The average molecular weight is 719 g/mol. The Labute approximate surface area is 296 Å². The molecule has 0 bridgehead atoms. The molecule has 1 atom stereocenters. The van der Waals surface area contributed by atoms with Crippen LogP contribution in [0.15, 0.2) is 0 Å². The van der Waals surface area contributed by atoms with Gasteiger partial charge < -0.3 is 50.4 Å². The molecule has 0 fully saturated rings. The van der Waals surface area contributed by atoms with Crippen LogP contribution in [0, 0.1) is 0 Å². The minimum atomic E-state index is -1.20. The summed E-state index contributed by atoms with van der Waals surface area (Å²) >= 11 is 0. The molecule has 16 heteroatoms. The van der Waals surface area contributed by atoms with Crippen LogP contribution < -0.4 is 21.3 Å². The average Bonchev–Trinajstić information content (AvgIpc) is 3.07. The molecule has 0 spiro atoms. The van der Waals surface area contributed by atoms with Gasteiger partial charge in [-0.25, -0.2) is 4.79 Å². The fourth-order valence-corrected chi connectivity index (χ4v) is 4.51. The zero-order valence-corrected chi connectivity index (χ0v) is 29.9. The number of amides is 4. The number of hydrogen-bond donors (Lipinski definition) is 6. The first-order chi connectivity index (χ1) is 24.1.